The van der Waals surface area contributed by atoms with Crippen LogP contribution in [0.2, 0.25) is 0 Å². The summed E-state index contributed by atoms with van der Waals surface area (Å²) in [6.45, 7) is 6.84. The maximum absolute atomic E-state index is 13.0. The monoisotopic (exact) mass is 364 g/mol. The van der Waals surface area contributed by atoms with Crippen molar-refractivity contribution in [2.24, 2.45) is 11.3 Å². The highest BCUT2D eigenvalue weighted by molar-refractivity contribution is 7.89. The number of amides is 1. The van der Waals surface area contributed by atoms with E-state index in [1.165, 1.54) is 0 Å². The van der Waals surface area contributed by atoms with Gasteiger partial charge in [-0.1, -0.05) is 39.0 Å². The summed E-state index contributed by atoms with van der Waals surface area (Å²) in [5.74, 6) is 0.0810. The van der Waals surface area contributed by atoms with Crippen LogP contribution in [-0.2, 0) is 21.2 Å². The van der Waals surface area contributed by atoms with Crippen molar-refractivity contribution >= 4 is 15.9 Å². The molecule has 2 fully saturated rings. The van der Waals surface area contributed by atoms with Gasteiger partial charge in [0.25, 0.3) is 0 Å². The molecular weight excluding hydrogens is 336 g/mol. The number of hydrogen-bond donors (Lipinski definition) is 1. The standard InChI is InChI=1S/C19H28N2O3S/c1-4-15-7-5-6-8-16(15)25(23,24)21-11-9-19(10-12-21)13-17(19)20-18(22)14(2)3/h5-8,14,17H,4,9-13H2,1-3H3,(H,20,22). The van der Waals surface area contributed by atoms with Crippen LogP contribution in [0.1, 0.15) is 45.6 Å². The lowest BCUT2D eigenvalue weighted by Crippen LogP contribution is -2.42. The average Bonchev–Trinajstić information content (AvgIpc) is 3.26. The molecule has 1 amide bonds. The first-order valence-electron chi connectivity index (χ1n) is 9.18. The fourth-order valence-corrected chi connectivity index (χ4v) is 5.54. The van der Waals surface area contributed by atoms with Crippen LogP contribution in [0.15, 0.2) is 29.2 Å². The fourth-order valence-electron chi connectivity index (χ4n) is 3.80. The Morgan fingerprint density at radius 1 is 1.28 bits per heavy atom. The lowest BCUT2D eigenvalue weighted by molar-refractivity contribution is -0.124. The predicted octanol–water partition coefficient (Wildman–Crippen LogP) is 2.56. The molecule has 1 aliphatic carbocycles. The Labute approximate surface area is 150 Å². The predicted molar refractivity (Wildman–Crippen MR) is 97.6 cm³/mol. The molecule has 1 atom stereocenters. The van der Waals surface area contributed by atoms with Gasteiger partial charge in [0.15, 0.2) is 0 Å². The second kappa shape index (κ2) is 6.72. The molecule has 1 spiro atoms. The molecule has 2 aliphatic rings. The van der Waals surface area contributed by atoms with Crippen LogP contribution >= 0.6 is 0 Å². The first-order chi connectivity index (χ1) is 11.8. The molecule has 0 radical (unpaired) electrons. The van der Waals surface area contributed by atoms with E-state index < -0.39 is 10.0 Å². The van der Waals surface area contributed by atoms with E-state index >= 15 is 0 Å². The first kappa shape index (κ1) is 18.4. The maximum Gasteiger partial charge on any atom is 0.243 e. The zero-order valence-corrected chi connectivity index (χ0v) is 16.1. The minimum Gasteiger partial charge on any atom is -0.353 e. The van der Waals surface area contributed by atoms with Gasteiger partial charge < -0.3 is 5.32 Å². The number of benzene rings is 1. The summed E-state index contributed by atoms with van der Waals surface area (Å²) in [5.41, 5.74) is 0.984. The molecule has 1 N–H and O–H groups in total. The smallest absolute Gasteiger partial charge is 0.243 e. The van der Waals surface area contributed by atoms with E-state index in [1.807, 2.05) is 32.9 Å². The van der Waals surface area contributed by atoms with Crippen LogP contribution in [0.3, 0.4) is 0 Å². The van der Waals surface area contributed by atoms with Crippen LogP contribution in [0.25, 0.3) is 0 Å². The van der Waals surface area contributed by atoms with E-state index in [1.54, 1.807) is 16.4 Å². The van der Waals surface area contributed by atoms with Gasteiger partial charge in [0.05, 0.1) is 4.90 Å². The molecule has 6 heteroatoms. The van der Waals surface area contributed by atoms with Gasteiger partial charge in [-0.05, 0) is 42.7 Å². The Hall–Kier alpha value is -1.40. The molecule has 0 bridgehead atoms. The molecule has 25 heavy (non-hydrogen) atoms. The van der Waals surface area contributed by atoms with Crippen LogP contribution < -0.4 is 5.32 Å². The molecule has 1 heterocycles. The van der Waals surface area contributed by atoms with E-state index in [4.69, 9.17) is 0 Å². The van der Waals surface area contributed by atoms with Crippen molar-refractivity contribution in [1.82, 2.24) is 9.62 Å². The van der Waals surface area contributed by atoms with Crippen molar-refractivity contribution in [2.75, 3.05) is 13.1 Å². The van der Waals surface area contributed by atoms with Gasteiger partial charge in [-0.3, -0.25) is 4.79 Å². The highest BCUT2D eigenvalue weighted by Crippen LogP contribution is 2.54. The number of nitrogens with one attached hydrogen (secondary N) is 1. The largest absolute Gasteiger partial charge is 0.353 e. The molecule has 1 unspecified atom stereocenters. The summed E-state index contributed by atoms with van der Waals surface area (Å²) in [6, 6.07) is 7.48. The third kappa shape index (κ3) is 3.47. The topological polar surface area (TPSA) is 66.5 Å². The summed E-state index contributed by atoms with van der Waals surface area (Å²) in [5, 5.41) is 3.11. The SMILES string of the molecule is CCc1ccccc1S(=O)(=O)N1CCC2(CC1)CC2NC(=O)C(C)C. The summed E-state index contributed by atoms with van der Waals surface area (Å²) in [4.78, 5) is 12.3. The Morgan fingerprint density at radius 2 is 1.92 bits per heavy atom. The highest BCUT2D eigenvalue weighted by Gasteiger charge is 2.56. The van der Waals surface area contributed by atoms with Gasteiger partial charge >= 0.3 is 0 Å². The number of piperidine rings is 1. The maximum atomic E-state index is 13.0. The molecule has 1 aromatic rings. The van der Waals surface area contributed by atoms with Gasteiger partial charge in [0.1, 0.15) is 0 Å². The minimum absolute atomic E-state index is 0.0105. The number of rotatable bonds is 5. The second-order valence-electron chi connectivity index (χ2n) is 7.65. The molecule has 3 rings (SSSR count). The summed E-state index contributed by atoms with van der Waals surface area (Å²) in [7, 11) is -3.44. The highest BCUT2D eigenvalue weighted by atomic mass is 32.2. The van der Waals surface area contributed by atoms with Crippen molar-refractivity contribution < 1.29 is 13.2 Å². The number of carbonyl (C=O) groups excluding carboxylic acids is 1. The molecule has 5 nitrogen and oxygen atoms in total. The van der Waals surface area contributed by atoms with Crippen molar-refractivity contribution in [3.63, 3.8) is 0 Å². The number of hydrogen-bond acceptors (Lipinski definition) is 3. The van der Waals surface area contributed by atoms with Crippen molar-refractivity contribution in [2.45, 2.75) is 57.4 Å². The van der Waals surface area contributed by atoms with Crippen LogP contribution in [0, 0.1) is 11.3 Å². The number of sulfonamides is 1. The molecule has 1 saturated heterocycles. The minimum atomic E-state index is -3.44. The lowest BCUT2D eigenvalue weighted by atomic mass is 9.94. The van der Waals surface area contributed by atoms with E-state index in [0.29, 0.717) is 24.4 Å². The molecule has 0 aromatic heterocycles. The van der Waals surface area contributed by atoms with Crippen LogP contribution in [-0.4, -0.2) is 37.8 Å². The second-order valence-corrected chi connectivity index (χ2v) is 9.55. The molecular formula is C19H28N2O3S. The van der Waals surface area contributed by atoms with Crippen molar-refractivity contribution in [3.8, 4) is 0 Å². The molecule has 1 aliphatic heterocycles. The first-order valence-corrected chi connectivity index (χ1v) is 10.6. The third-order valence-electron chi connectivity index (χ3n) is 5.72. The molecule has 138 valence electrons. The normalized spacial score (nSPS) is 23.0. The van der Waals surface area contributed by atoms with Gasteiger partial charge in [-0.25, -0.2) is 8.42 Å². The lowest BCUT2D eigenvalue weighted by Gasteiger charge is -2.32. The summed E-state index contributed by atoms with van der Waals surface area (Å²) < 4.78 is 27.6. The molecule has 1 aromatic carbocycles. The number of nitrogens with zero attached hydrogens (tertiary/aromatic N) is 1. The zero-order valence-electron chi connectivity index (χ0n) is 15.3. The third-order valence-corrected chi connectivity index (χ3v) is 7.72. The fraction of sp³-hybridized carbons (Fsp3) is 0.632. The summed E-state index contributed by atoms with van der Waals surface area (Å²) >= 11 is 0. The summed E-state index contributed by atoms with van der Waals surface area (Å²) in [6.07, 6.45) is 3.33. The van der Waals surface area contributed by atoms with Crippen LogP contribution in [0.5, 0.6) is 0 Å². The Kier molecular flexibility index (Phi) is 4.95. The van der Waals surface area contributed by atoms with Crippen LogP contribution in [0.4, 0.5) is 0 Å². The van der Waals surface area contributed by atoms with Gasteiger partial charge in [-0.2, -0.15) is 4.31 Å². The van der Waals surface area contributed by atoms with E-state index in [0.717, 1.165) is 24.8 Å². The van der Waals surface area contributed by atoms with E-state index in [2.05, 4.69) is 5.32 Å². The Morgan fingerprint density at radius 3 is 2.52 bits per heavy atom. The van der Waals surface area contributed by atoms with E-state index in [9.17, 15) is 13.2 Å². The van der Waals surface area contributed by atoms with Crippen molar-refractivity contribution in [3.05, 3.63) is 29.8 Å². The Balaban J connectivity index is 1.66. The van der Waals surface area contributed by atoms with Gasteiger partial charge in [0.2, 0.25) is 15.9 Å². The van der Waals surface area contributed by atoms with Crippen molar-refractivity contribution in [1.29, 1.82) is 0 Å². The average molecular weight is 365 g/mol. The quantitative estimate of drug-likeness (QED) is 0.873. The number of aryl methyl sites for hydroxylation is 1. The van der Waals surface area contributed by atoms with E-state index in [-0.39, 0.29) is 23.3 Å². The number of carbonyl (C=O) groups is 1. The zero-order chi connectivity index (χ0) is 18.2. The van der Waals surface area contributed by atoms with Gasteiger partial charge in [0, 0.05) is 25.0 Å². The van der Waals surface area contributed by atoms with Gasteiger partial charge in [-0.15, -0.1) is 0 Å². The Bertz CT molecular complexity index is 750. The molecule has 1 saturated carbocycles.